The Bertz CT molecular complexity index is 697. The van der Waals surface area contributed by atoms with Gasteiger partial charge in [0.2, 0.25) is 0 Å². The highest BCUT2D eigenvalue weighted by Crippen LogP contribution is 2.37. The first-order chi connectivity index (χ1) is 9.79. The lowest BCUT2D eigenvalue weighted by Gasteiger charge is -2.10. The highest BCUT2D eigenvalue weighted by Gasteiger charge is 2.15. The van der Waals surface area contributed by atoms with Crippen molar-refractivity contribution >= 4 is 33.0 Å². The summed E-state index contributed by atoms with van der Waals surface area (Å²) in [5, 5.41) is 3.39. The van der Waals surface area contributed by atoms with Crippen LogP contribution in [0.3, 0.4) is 0 Å². The van der Waals surface area contributed by atoms with Crippen LogP contribution in [0, 0.1) is 0 Å². The molecule has 102 valence electrons. The summed E-state index contributed by atoms with van der Waals surface area (Å²) in [5.41, 5.74) is 3.78. The number of hydrogen-bond donors (Lipinski definition) is 0. The van der Waals surface area contributed by atoms with Crippen molar-refractivity contribution in [2.45, 2.75) is 25.1 Å². The van der Waals surface area contributed by atoms with Crippen LogP contribution in [-0.2, 0) is 6.42 Å². The largest absolute Gasteiger partial charge is 0.143 e. The van der Waals surface area contributed by atoms with E-state index in [4.69, 9.17) is 11.6 Å². The van der Waals surface area contributed by atoms with E-state index in [1.807, 2.05) is 0 Å². The van der Waals surface area contributed by atoms with Gasteiger partial charge in [-0.25, -0.2) is 0 Å². The summed E-state index contributed by atoms with van der Waals surface area (Å²) in [5.74, 6) is 0. The molecule has 0 aliphatic heterocycles. The third-order valence-corrected chi connectivity index (χ3v) is 5.06. The average molecular weight is 301 g/mol. The molecule has 1 heterocycles. The van der Waals surface area contributed by atoms with Crippen molar-refractivity contribution in [3.8, 4) is 0 Å². The summed E-state index contributed by atoms with van der Waals surface area (Å²) in [6.07, 6.45) is 2.31. The van der Waals surface area contributed by atoms with E-state index in [0.717, 1.165) is 6.42 Å². The molecule has 20 heavy (non-hydrogen) atoms. The molecule has 0 fully saturated rings. The van der Waals surface area contributed by atoms with Crippen LogP contribution in [0.5, 0.6) is 0 Å². The summed E-state index contributed by atoms with van der Waals surface area (Å²) in [6, 6.07) is 17.2. The molecule has 0 aliphatic carbocycles. The minimum Gasteiger partial charge on any atom is -0.143 e. The van der Waals surface area contributed by atoms with Crippen LogP contribution in [-0.4, -0.2) is 0 Å². The fraction of sp³-hybridized carbons (Fsp3) is 0.222. The summed E-state index contributed by atoms with van der Waals surface area (Å²) >= 11 is 8.45. The van der Waals surface area contributed by atoms with Gasteiger partial charge < -0.3 is 0 Å². The van der Waals surface area contributed by atoms with Gasteiger partial charge in [-0.1, -0.05) is 55.8 Å². The third-order valence-electron chi connectivity index (χ3n) is 3.60. The third kappa shape index (κ3) is 2.61. The van der Waals surface area contributed by atoms with Gasteiger partial charge in [-0.15, -0.1) is 22.9 Å². The Morgan fingerprint density at radius 2 is 1.80 bits per heavy atom. The van der Waals surface area contributed by atoms with Crippen LogP contribution in [0.15, 0.2) is 53.9 Å². The average Bonchev–Trinajstić information content (AvgIpc) is 2.92. The van der Waals surface area contributed by atoms with Crippen LogP contribution >= 0.6 is 22.9 Å². The van der Waals surface area contributed by atoms with E-state index in [2.05, 4.69) is 60.8 Å². The maximum Gasteiger partial charge on any atom is 0.0849 e. The zero-order valence-electron chi connectivity index (χ0n) is 11.5. The molecular weight excluding hydrogens is 284 g/mol. The lowest BCUT2D eigenvalue weighted by atomic mass is 10.0. The number of aryl methyl sites for hydroxylation is 1. The van der Waals surface area contributed by atoms with Crippen molar-refractivity contribution in [3.63, 3.8) is 0 Å². The Kier molecular flexibility index (Phi) is 4.09. The molecule has 0 saturated carbocycles. The van der Waals surface area contributed by atoms with E-state index in [1.165, 1.54) is 33.2 Å². The molecule has 1 aromatic heterocycles. The number of fused-ring (bicyclic) bond motifs is 1. The van der Waals surface area contributed by atoms with E-state index in [9.17, 15) is 0 Å². The maximum absolute atomic E-state index is 6.69. The number of rotatable bonds is 4. The monoisotopic (exact) mass is 300 g/mol. The summed E-state index contributed by atoms with van der Waals surface area (Å²) in [7, 11) is 0. The Labute approximate surface area is 129 Å². The normalized spacial score (nSPS) is 12.7. The van der Waals surface area contributed by atoms with Gasteiger partial charge in [0.05, 0.1) is 5.38 Å². The molecule has 2 heteroatoms. The highest BCUT2D eigenvalue weighted by molar-refractivity contribution is 7.17. The second kappa shape index (κ2) is 5.99. The maximum atomic E-state index is 6.69. The minimum atomic E-state index is -0.0678. The van der Waals surface area contributed by atoms with E-state index in [0.29, 0.717) is 0 Å². The van der Waals surface area contributed by atoms with Crippen molar-refractivity contribution in [2.24, 2.45) is 0 Å². The molecule has 0 N–H and O–H groups in total. The molecule has 3 rings (SSSR count). The molecule has 0 aliphatic rings. The number of benzene rings is 2. The molecular formula is C18H17ClS. The first-order valence-electron chi connectivity index (χ1n) is 6.98. The highest BCUT2D eigenvalue weighted by atomic mass is 35.5. The van der Waals surface area contributed by atoms with Crippen LogP contribution in [0.25, 0.3) is 10.1 Å². The predicted molar refractivity (Wildman–Crippen MR) is 90.0 cm³/mol. The smallest absolute Gasteiger partial charge is 0.0849 e. The van der Waals surface area contributed by atoms with Crippen LogP contribution < -0.4 is 0 Å². The molecule has 3 aromatic rings. The Hall–Kier alpha value is -1.31. The first-order valence-corrected chi connectivity index (χ1v) is 8.30. The Balaban J connectivity index is 1.93. The first kappa shape index (κ1) is 13.7. The van der Waals surface area contributed by atoms with E-state index < -0.39 is 0 Å². The molecule has 2 aromatic carbocycles. The standard InChI is InChI=1S/C18H17ClS/c1-2-5-13-8-10-14(11-9-13)18(19)16-12-20-17-7-4-3-6-15(16)17/h3-4,6-12,18H,2,5H2,1H3. The van der Waals surface area contributed by atoms with E-state index in [-0.39, 0.29) is 5.38 Å². The molecule has 0 nitrogen and oxygen atoms in total. The second-order valence-electron chi connectivity index (χ2n) is 5.04. The molecule has 0 spiro atoms. The number of alkyl halides is 1. The van der Waals surface area contributed by atoms with Crippen molar-refractivity contribution in [1.82, 2.24) is 0 Å². The molecule has 0 amide bonds. The topological polar surface area (TPSA) is 0 Å². The van der Waals surface area contributed by atoms with Crippen LogP contribution in [0.2, 0.25) is 0 Å². The lowest BCUT2D eigenvalue weighted by Crippen LogP contribution is -1.93. The van der Waals surface area contributed by atoms with Gasteiger partial charge in [-0.3, -0.25) is 0 Å². The van der Waals surface area contributed by atoms with Crippen LogP contribution in [0.4, 0.5) is 0 Å². The fourth-order valence-electron chi connectivity index (χ4n) is 2.52. The molecule has 1 unspecified atom stereocenters. The number of halogens is 1. The quantitative estimate of drug-likeness (QED) is 0.504. The Morgan fingerprint density at radius 1 is 1.05 bits per heavy atom. The molecule has 0 radical (unpaired) electrons. The SMILES string of the molecule is CCCc1ccc(C(Cl)c2csc3ccccc23)cc1. The fourth-order valence-corrected chi connectivity index (χ4v) is 3.90. The van der Waals surface area contributed by atoms with E-state index >= 15 is 0 Å². The second-order valence-corrected chi connectivity index (χ2v) is 6.39. The summed E-state index contributed by atoms with van der Waals surface area (Å²) < 4.78 is 1.30. The summed E-state index contributed by atoms with van der Waals surface area (Å²) in [4.78, 5) is 0. The number of thiophene rings is 1. The van der Waals surface area contributed by atoms with E-state index in [1.54, 1.807) is 11.3 Å². The molecule has 0 bridgehead atoms. The number of hydrogen-bond acceptors (Lipinski definition) is 1. The van der Waals surface area contributed by atoms with Gasteiger partial charge in [0.25, 0.3) is 0 Å². The van der Waals surface area contributed by atoms with Gasteiger partial charge in [0.1, 0.15) is 0 Å². The minimum absolute atomic E-state index is 0.0678. The van der Waals surface area contributed by atoms with Gasteiger partial charge in [0, 0.05) is 4.70 Å². The molecule has 1 atom stereocenters. The van der Waals surface area contributed by atoms with Gasteiger partial charge >= 0.3 is 0 Å². The molecule has 0 saturated heterocycles. The van der Waals surface area contributed by atoms with Gasteiger partial charge in [-0.05, 0) is 39.9 Å². The van der Waals surface area contributed by atoms with Gasteiger partial charge in [0.15, 0.2) is 0 Å². The van der Waals surface area contributed by atoms with Crippen LogP contribution in [0.1, 0.15) is 35.4 Å². The zero-order chi connectivity index (χ0) is 13.9. The van der Waals surface area contributed by atoms with Crippen molar-refractivity contribution in [1.29, 1.82) is 0 Å². The lowest BCUT2D eigenvalue weighted by molar-refractivity contribution is 0.920. The van der Waals surface area contributed by atoms with Crippen molar-refractivity contribution < 1.29 is 0 Å². The summed E-state index contributed by atoms with van der Waals surface area (Å²) in [6.45, 7) is 2.20. The Morgan fingerprint density at radius 3 is 2.55 bits per heavy atom. The van der Waals surface area contributed by atoms with Crippen molar-refractivity contribution in [3.05, 3.63) is 70.6 Å². The van der Waals surface area contributed by atoms with Gasteiger partial charge in [-0.2, -0.15) is 0 Å². The van der Waals surface area contributed by atoms with Crippen molar-refractivity contribution in [2.75, 3.05) is 0 Å². The predicted octanol–water partition coefficient (Wildman–Crippen LogP) is 6.18. The zero-order valence-corrected chi connectivity index (χ0v) is 13.0.